The van der Waals surface area contributed by atoms with Crippen LogP contribution in [0.15, 0.2) is 77.8 Å². The summed E-state index contributed by atoms with van der Waals surface area (Å²) in [6.45, 7) is 6.11. The van der Waals surface area contributed by atoms with Gasteiger partial charge >= 0.3 is 0 Å². The molecule has 0 atom stereocenters. The zero-order valence-electron chi connectivity index (χ0n) is 17.3. The van der Waals surface area contributed by atoms with Crippen LogP contribution in [0.1, 0.15) is 19.4 Å². The molecular formula is C27H24N2O. The molecule has 0 spiro atoms. The molecule has 0 heterocycles. The third kappa shape index (κ3) is 2.94. The normalized spacial score (nSPS) is 11.9. The second-order valence-electron chi connectivity index (χ2n) is 7.61. The summed E-state index contributed by atoms with van der Waals surface area (Å²) in [6.07, 6.45) is 1.77. The van der Waals surface area contributed by atoms with E-state index in [1.54, 1.807) is 12.3 Å². The van der Waals surface area contributed by atoms with Gasteiger partial charge in [0.25, 0.3) is 0 Å². The molecule has 0 fully saturated rings. The summed E-state index contributed by atoms with van der Waals surface area (Å²) in [7, 11) is 0. The molecule has 3 nitrogen and oxygen atoms in total. The molecule has 1 N–H and O–H groups in total. The van der Waals surface area contributed by atoms with Crippen LogP contribution >= 0.6 is 0 Å². The van der Waals surface area contributed by atoms with Gasteiger partial charge in [0.15, 0.2) is 0 Å². The Morgan fingerprint density at radius 2 is 1.47 bits per heavy atom. The zero-order valence-corrected chi connectivity index (χ0v) is 17.3. The number of anilines is 1. The van der Waals surface area contributed by atoms with E-state index in [0.717, 1.165) is 35.4 Å². The fourth-order valence-electron chi connectivity index (χ4n) is 4.40. The third-order valence-corrected chi connectivity index (χ3v) is 5.99. The molecule has 0 amide bonds. The Kier molecular flexibility index (Phi) is 4.51. The third-order valence-electron chi connectivity index (χ3n) is 5.99. The van der Waals surface area contributed by atoms with Crippen molar-refractivity contribution in [2.45, 2.75) is 13.8 Å². The molecule has 0 saturated carbocycles. The van der Waals surface area contributed by atoms with Crippen LogP contribution < -0.4 is 4.90 Å². The lowest BCUT2D eigenvalue weighted by molar-refractivity contribution is 0.474. The van der Waals surface area contributed by atoms with Gasteiger partial charge in [-0.3, -0.25) is 4.99 Å². The molecule has 0 aromatic heterocycles. The molecular weight excluding hydrogens is 368 g/mol. The van der Waals surface area contributed by atoms with Gasteiger partial charge in [0, 0.05) is 35.9 Å². The zero-order chi connectivity index (χ0) is 20.7. The van der Waals surface area contributed by atoms with Crippen molar-refractivity contribution in [1.82, 2.24) is 0 Å². The standard InChI is InChI=1S/C27H24N2O/c1-3-29(4-2)22-12-15-25(30)21(16-22)17-28-24-14-11-20-9-8-18-6-5-7-19-10-13-23(24)27(20)26(18)19/h5-17,30H,3-4H2,1-2H3. The van der Waals surface area contributed by atoms with Gasteiger partial charge in [-0.1, -0.05) is 48.5 Å². The number of phenols is 1. The van der Waals surface area contributed by atoms with Gasteiger partial charge in [-0.05, 0) is 65.0 Å². The molecule has 0 bridgehead atoms. The number of aromatic hydroxyl groups is 1. The minimum atomic E-state index is 0.243. The van der Waals surface area contributed by atoms with Crippen LogP contribution in [0.25, 0.3) is 32.3 Å². The van der Waals surface area contributed by atoms with Crippen LogP contribution in [0.2, 0.25) is 0 Å². The second kappa shape index (κ2) is 7.34. The van der Waals surface area contributed by atoms with E-state index in [1.807, 2.05) is 12.1 Å². The molecule has 0 aliphatic heterocycles. The second-order valence-corrected chi connectivity index (χ2v) is 7.61. The molecule has 0 aliphatic rings. The molecule has 30 heavy (non-hydrogen) atoms. The number of rotatable bonds is 5. The quantitative estimate of drug-likeness (QED) is 0.261. The fraction of sp³-hybridized carbons (Fsp3) is 0.148. The molecule has 148 valence electrons. The smallest absolute Gasteiger partial charge is 0.124 e. The molecule has 0 saturated heterocycles. The summed E-state index contributed by atoms with van der Waals surface area (Å²) < 4.78 is 0. The summed E-state index contributed by atoms with van der Waals surface area (Å²) in [5.74, 6) is 0.243. The van der Waals surface area contributed by atoms with E-state index in [4.69, 9.17) is 4.99 Å². The van der Waals surface area contributed by atoms with Gasteiger partial charge in [-0.15, -0.1) is 0 Å². The molecule has 5 rings (SSSR count). The average Bonchev–Trinajstić information content (AvgIpc) is 2.79. The molecule has 5 aromatic rings. The van der Waals surface area contributed by atoms with Crippen molar-refractivity contribution in [2.75, 3.05) is 18.0 Å². The summed E-state index contributed by atoms with van der Waals surface area (Å²) in [5.41, 5.74) is 2.73. The maximum atomic E-state index is 10.4. The average molecular weight is 393 g/mol. The van der Waals surface area contributed by atoms with Crippen LogP contribution in [0.5, 0.6) is 5.75 Å². The van der Waals surface area contributed by atoms with Crippen LogP contribution in [-0.2, 0) is 0 Å². The van der Waals surface area contributed by atoms with Crippen LogP contribution in [0.4, 0.5) is 11.4 Å². The minimum Gasteiger partial charge on any atom is -0.507 e. The van der Waals surface area contributed by atoms with Gasteiger partial charge in [0.1, 0.15) is 5.75 Å². The maximum absolute atomic E-state index is 10.4. The van der Waals surface area contributed by atoms with E-state index in [2.05, 4.69) is 73.3 Å². The van der Waals surface area contributed by atoms with E-state index < -0.39 is 0 Å². The van der Waals surface area contributed by atoms with Crippen molar-refractivity contribution in [3.8, 4) is 5.75 Å². The number of benzene rings is 5. The lowest BCUT2D eigenvalue weighted by atomic mass is 9.93. The first-order valence-electron chi connectivity index (χ1n) is 10.5. The van der Waals surface area contributed by atoms with E-state index in [1.165, 1.54) is 26.9 Å². The Morgan fingerprint density at radius 1 is 0.800 bits per heavy atom. The van der Waals surface area contributed by atoms with E-state index in [9.17, 15) is 5.11 Å². The Bertz CT molecular complexity index is 1370. The van der Waals surface area contributed by atoms with Gasteiger partial charge in [0.2, 0.25) is 0 Å². The first kappa shape index (κ1) is 18.4. The van der Waals surface area contributed by atoms with Crippen molar-refractivity contribution in [2.24, 2.45) is 4.99 Å². The van der Waals surface area contributed by atoms with Crippen LogP contribution in [-0.4, -0.2) is 24.4 Å². The van der Waals surface area contributed by atoms with E-state index in [0.29, 0.717) is 0 Å². The monoisotopic (exact) mass is 392 g/mol. The number of nitrogens with zero attached hydrogens (tertiary/aromatic N) is 2. The summed E-state index contributed by atoms with van der Waals surface area (Å²) in [4.78, 5) is 7.05. The van der Waals surface area contributed by atoms with Gasteiger partial charge in [-0.2, -0.15) is 0 Å². The summed E-state index contributed by atoms with van der Waals surface area (Å²) in [5, 5.41) is 17.8. The Hall–Kier alpha value is -3.59. The predicted molar refractivity (Wildman–Crippen MR) is 129 cm³/mol. The lowest BCUT2D eigenvalue weighted by Gasteiger charge is -2.21. The highest BCUT2D eigenvalue weighted by atomic mass is 16.3. The Balaban J connectivity index is 1.64. The van der Waals surface area contributed by atoms with Gasteiger partial charge < -0.3 is 10.0 Å². The fourth-order valence-corrected chi connectivity index (χ4v) is 4.40. The number of aliphatic imine (C=N–C) groups is 1. The van der Waals surface area contributed by atoms with Crippen molar-refractivity contribution >= 4 is 49.9 Å². The highest BCUT2D eigenvalue weighted by molar-refractivity contribution is 6.25. The Morgan fingerprint density at radius 3 is 2.20 bits per heavy atom. The number of phenolic OH excluding ortho intramolecular Hbond substituents is 1. The molecule has 5 aromatic carbocycles. The topological polar surface area (TPSA) is 35.8 Å². The molecule has 3 heteroatoms. The SMILES string of the molecule is CCN(CC)c1ccc(O)c(C=Nc2ccc3ccc4cccc5ccc2c3c45)c1. The van der Waals surface area contributed by atoms with Gasteiger partial charge in [0.05, 0.1) is 5.69 Å². The minimum absolute atomic E-state index is 0.243. The highest BCUT2D eigenvalue weighted by Crippen LogP contribution is 2.38. The van der Waals surface area contributed by atoms with Gasteiger partial charge in [-0.25, -0.2) is 0 Å². The van der Waals surface area contributed by atoms with E-state index >= 15 is 0 Å². The van der Waals surface area contributed by atoms with Crippen molar-refractivity contribution in [1.29, 1.82) is 0 Å². The number of hydrogen-bond acceptors (Lipinski definition) is 3. The van der Waals surface area contributed by atoms with Crippen molar-refractivity contribution in [3.63, 3.8) is 0 Å². The predicted octanol–water partition coefficient (Wildman–Crippen LogP) is 6.89. The van der Waals surface area contributed by atoms with Crippen LogP contribution in [0.3, 0.4) is 0 Å². The van der Waals surface area contributed by atoms with Crippen molar-refractivity contribution < 1.29 is 5.11 Å². The highest BCUT2D eigenvalue weighted by Gasteiger charge is 2.11. The maximum Gasteiger partial charge on any atom is 0.124 e. The lowest BCUT2D eigenvalue weighted by Crippen LogP contribution is -2.21. The summed E-state index contributed by atoms with van der Waals surface area (Å²) in [6, 6.07) is 25.0. The molecule has 0 radical (unpaired) electrons. The number of hydrogen-bond donors (Lipinski definition) is 1. The largest absolute Gasteiger partial charge is 0.507 e. The van der Waals surface area contributed by atoms with E-state index in [-0.39, 0.29) is 5.75 Å². The first-order chi connectivity index (χ1) is 14.7. The first-order valence-corrected chi connectivity index (χ1v) is 10.5. The molecule has 0 aliphatic carbocycles. The Labute approximate surface area is 176 Å². The molecule has 0 unspecified atom stereocenters. The van der Waals surface area contributed by atoms with Crippen molar-refractivity contribution in [3.05, 3.63) is 78.4 Å². The summed E-state index contributed by atoms with van der Waals surface area (Å²) >= 11 is 0. The van der Waals surface area contributed by atoms with Crippen LogP contribution in [0, 0.1) is 0 Å².